The Kier molecular flexibility index (Phi) is 3.36. The summed E-state index contributed by atoms with van der Waals surface area (Å²) in [5, 5.41) is 11.6. The predicted molar refractivity (Wildman–Crippen MR) is 75.4 cm³/mol. The Morgan fingerprint density at radius 2 is 2.00 bits per heavy atom. The molecule has 100 valence electrons. The lowest BCUT2D eigenvalue weighted by atomic mass is 10.2. The molecule has 1 aromatic carbocycles. The van der Waals surface area contributed by atoms with E-state index in [1.807, 2.05) is 43.5 Å². The van der Waals surface area contributed by atoms with Crippen LogP contribution in [0.5, 0.6) is 0 Å². The maximum absolute atomic E-state index is 4.19. The zero-order valence-electron chi connectivity index (χ0n) is 11.0. The van der Waals surface area contributed by atoms with Crippen molar-refractivity contribution >= 4 is 5.82 Å². The van der Waals surface area contributed by atoms with Crippen LogP contribution in [0.25, 0.3) is 5.69 Å². The highest BCUT2D eigenvalue weighted by Crippen LogP contribution is 2.15. The molecule has 1 unspecified atom stereocenters. The van der Waals surface area contributed by atoms with Gasteiger partial charge in [0.05, 0.1) is 24.1 Å². The Hall–Kier alpha value is -2.76. The largest absolute Gasteiger partial charge is 0.361 e. The van der Waals surface area contributed by atoms with Crippen molar-refractivity contribution in [2.75, 3.05) is 5.32 Å². The molecular weight excluding hydrogens is 252 g/mol. The molecule has 0 bridgehead atoms. The summed E-state index contributed by atoms with van der Waals surface area (Å²) in [4.78, 5) is 8.20. The number of benzene rings is 1. The van der Waals surface area contributed by atoms with Gasteiger partial charge < -0.3 is 5.32 Å². The monoisotopic (exact) mass is 266 g/mol. The van der Waals surface area contributed by atoms with Crippen LogP contribution in [0.3, 0.4) is 0 Å². The standard InChI is InChI=1S/C14H14N6/c1-11(17-14-9-15-7-8-16-14)13-10-20(19-18-13)12-5-3-2-4-6-12/h2-11H,1H3,(H,16,17). The van der Waals surface area contributed by atoms with Crippen LogP contribution in [0.1, 0.15) is 18.7 Å². The van der Waals surface area contributed by atoms with Gasteiger partial charge in [-0.05, 0) is 19.1 Å². The molecule has 0 aliphatic rings. The fraction of sp³-hybridized carbons (Fsp3) is 0.143. The molecule has 20 heavy (non-hydrogen) atoms. The SMILES string of the molecule is CC(Nc1cnccn1)c1cn(-c2ccccc2)nn1. The quantitative estimate of drug-likeness (QED) is 0.784. The molecular formula is C14H14N6. The van der Waals surface area contributed by atoms with Crippen molar-refractivity contribution in [3.63, 3.8) is 0 Å². The van der Waals surface area contributed by atoms with Crippen LogP contribution in [0.2, 0.25) is 0 Å². The highest BCUT2D eigenvalue weighted by Gasteiger charge is 2.11. The molecule has 0 spiro atoms. The first-order valence-electron chi connectivity index (χ1n) is 6.33. The first-order chi connectivity index (χ1) is 9.83. The number of nitrogens with zero attached hydrogens (tertiary/aromatic N) is 5. The minimum atomic E-state index is 0.00385. The second-order valence-corrected chi connectivity index (χ2v) is 4.38. The van der Waals surface area contributed by atoms with Gasteiger partial charge in [-0.2, -0.15) is 0 Å². The smallest absolute Gasteiger partial charge is 0.144 e. The molecule has 6 nitrogen and oxygen atoms in total. The van der Waals surface area contributed by atoms with E-state index in [1.165, 1.54) is 0 Å². The Labute approximate surface area is 116 Å². The van der Waals surface area contributed by atoms with E-state index in [-0.39, 0.29) is 6.04 Å². The summed E-state index contributed by atoms with van der Waals surface area (Å²) in [6.07, 6.45) is 6.87. The first kappa shape index (κ1) is 12.3. The second kappa shape index (κ2) is 5.48. The third kappa shape index (κ3) is 2.64. The summed E-state index contributed by atoms with van der Waals surface area (Å²) < 4.78 is 1.75. The molecule has 2 heterocycles. The van der Waals surface area contributed by atoms with E-state index >= 15 is 0 Å². The summed E-state index contributed by atoms with van der Waals surface area (Å²) in [5.74, 6) is 0.717. The van der Waals surface area contributed by atoms with Crippen LogP contribution in [-0.2, 0) is 0 Å². The van der Waals surface area contributed by atoms with E-state index < -0.39 is 0 Å². The number of anilines is 1. The fourth-order valence-electron chi connectivity index (χ4n) is 1.85. The van der Waals surface area contributed by atoms with Gasteiger partial charge in [-0.1, -0.05) is 23.4 Å². The Morgan fingerprint density at radius 3 is 2.75 bits per heavy atom. The van der Waals surface area contributed by atoms with Crippen LogP contribution in [0, 0.1) is 0 Å². The normalized spacial score (nSPS) is 12.1. The molecule has 2 aromatic heterocycles. The average molecular weight is 266 g/mol. The summed E-state index contributed by atoms with van der Waals surface area (Å²) in [6, 6.07) is 9.89. The summed E-state index contributed by atoms with van der Waals surface area (Å²) >= 11 is 0. The summed E-state index contributed by atoms with van der Waals surface area (Å²) in [5.41, 5.74) is 1.83. The summed E-state index contributed by atoms with van der Waals surface area (Å²) in [7, 11) is 0. The zero-order chi connectivity index (χ0) is 13.8. The topological polar surface area (TPSA) is 68.5 Å². The molecule has 0 saturated heterocycles. The molecule has 0 fully saturated rings. The molecule has 0 saturated carbocycles. The highest BCUT2D eigenvalue weighted by molar-refractivity contribution is 5.34. The molecule has 3 rings (SSSR count). The fourth-order valence-corrected chi connectivity index (χ4v) is 1.85. The number of rotatable bonds is 4. The van der Waals surface area contributed by atoms with Crippen LogP contribution in [0.15, 0.2) is 55.1 Å². The molecule has 1 N–H and O–H groups in total. The molecule has 0 radical (unpaired) electrons. The van der Waals surface area contributed by atoms with Crippen molar-refractivity contribution in [1.29, 1.82) is 0 Å². The van der Waals surface area contributed by atoms with Crippen molar-refractivity contribution in [2.24, 2.45) is 0 Å². The Balaban J connectivity index is 1.77. The minimum absolute atomic E-state index is 0.00385. The number of para-hydroxylation sites is 1. The Bertz CT molecular complexity index is 664. The molecule has 3 aromatic rings. The zero-order valence-corrected chi connectivity index (χ0v) is 11.0. The molecule has 0 amide bonds. The summed E-state index contributed by atoms with van der Waals surface area (Å²) in [6.45, 7) is 2.01. The predicted octanol–water partition coefficient (Wildman–Crippen LogP) is 2.23. The number of hydrogen-bond acceptors (Lipinski definition) is 5. The van der Waals surface area contributed by atoms with Gasteiger partial charge in [-0.25, -0.2) is 9.67 Å². The van der Waals surface area contributed by atoms with E-state index in [0.29, 0.717) is 5.82 Å². The van der Waals surface area contributed by atoms with Gasteiger partial charge >= 0.3 is 0 Å². The Morgan fingerprint density at radius 1 is 1.15 bits per heavy atom. The van der Waals surface area contributed by atoms with E-state index in [0.717, 1.165) is 11.4 Å². The second-order valence-electron chi connectivity index (χ2n) is 4.38. The third-order valence-electron chi connectivity index (χ3n) is 2.90. The van der Waals surface area contributed by atoms with E-state index in [9.17, 15) is 0 Å². The lowest BCUT2D eigenvalue weighted by molar-refractivity contribution is 0.779. The number of aromatic nitrogens is 5. The van der Waals surface area contributed by atoms with Crippen molar-refractivity contribution in [3.8, 4) is 5.69 Å². The van der Waals surface area contributed by atoms with Crippen molar-refractivity contribution in [1.82, 2.24) is 25.0 Å². The van der Waals surface area contributed by atoms with E-state index in [1.54, 1.807) is 23.3 Å². The molecule has 0 aliphatic heterocycles. The van der Waals surface area contributed by atoms with Gasteiger partial charge in [-0.3, -0.25) is 4.98 Å². The number of hydrogen-bond donors (Lipinski definition) is 1. The van der Waals surface area contributed by atoms with E-state index in [2.05, 4.69) is 25.6 Å². The van der Waals surface area contributed by atoms with Crippen LogP contribution in [-0.4, -0.2) is 25.0 Å². The van der Waals surface area contributed by atoms with Crippen molar-refractivity contribution < 1.29 is 0 Å². The maximum Gasteiger partial charge on any atom is 0.144 e. The van der Waals surface area contributed by atoms with Gasteiger partial charge in [0, 0.05) is 12.4 Å². The van der Waals surface area contributed by atoms with Crippen LogP contribution in [0.4, 0.5) is 5.82 Å². The minimum Gasteiger partial charge on any atom is -0.361 e. The maximum atomic E-state index is 4.19. The van der Waals surface area contributed by atoms with Gasteiger partial charge in [0.1, 0.15) is 11.5 Å². The van der Waals surface area contributed by atoms with Crippen molar-refractivity contribution in [3.05, 3.63) is 60.8 Å². The lowest BCUT2D eigenvalue weighted by Crippen LogP contribution is -2.08. The van der Waals surface area contributed by atoms with Gasteiger partial charge in [0.15, 0.2) is 0 Å². The molecule has 0 aliphatic carbocycles. The van der Waals surface area contributed by atoms with Crippen molar-refractivity contribution in [2.45, 2.75) is 13.0 Å². The van der Waals surface area contributed by atoms with Crippen LogP contribution >= 0.6 is 0 Å². The first-order valence-corrected chi connectivity index (χ1v) is 6.33. The molecule has 1 atom stereocenters. The van der Waals surface area contributed by atoms with Gasteiger partial charge in [-0.15, -0.1) is 5.10 Å². The van der Waals surface area contributed by atoms with Gasteiger partial charge in [0.2, 0.25) is 0 Å². The van der Waals surface area contributed by atoms with Gasteiger partial charge in [0.25, 0.3) is 0 Å². The average Bonchev–Trinajstić information content (AvgIpc) is 2.99. The van der Waals surface area contributed by atoms with E-state index in [4.69, 9.17) is 0 Å². The molecule has 6 heteroatoms. The highest BCUT2D eigenvalue weighted by atomic mass is 15.4. The van der Waals surface area contributed by atoms with Crippen LogP contribution < -0.4 is 5.32 Å². The number of nitrogens with one attached hydrogen (secondary N) is 1. The third-order valence-corrected chi connectivity index (χ3v) is 2.90. The lowest BCUT2D eigenvalue weighted by Gasteiger charge is -2.10.